The van der Waals surface area contributed by atoms with E-state index in [-0.39, 0.29) is 11.8 Å². The lowest BCUT2D eigenvalue weighted by Gasteiger charge is -2.33. The van der Waals surface area contributed by atoms with Gasteiger partial charge in [0.15, 0.2) is 5.82 Å². The highest BCUT2D eigenvalue weighted by atomic mass is 32.2. The van der Waals surface area contributed by atoms with Crippen LogP contribution in [-0.4, -0.2) is 36.1 Å². The van der Waals surface area contributed by atoms with E-state index >= 15 is 0 Å². The number of carbonyl (C=O) groups is 1. The number of nitrogens with one attached hydrogen (secondary N) is 1. The van der Waals surface area contributed by atoms with Crippen molar-refractivity contribution in [3.63, 3.8) is 0 Å². The molecule has 30 heavy (non-hydrogen) atoms. The molecule has 1 fully saturated rings. The van der Waals surface area contributed by atoms with Gasteiger partial charge in [-0.05, 0) is 49.2 Å². The summed E-state index contributed by atoms with van der Waals surface area (Å²) in [4.78, 5) is 25.3. The van der Waals surface area contributed by atoms with Crippen molar-refractivity contribution in [2.45, 2.75) is 22.8 Å². The first kappa shape index (κ1) is 20.2. The second-order valence-electron chi connectivity index (χ2n) is 7.10. The van der Waals surface area contributed by atoms with Crippen LogP contribution in [0.5, 0.6) is 5.75 Å². The minimum absolute atomic E-state index is 0.0334. The molecule has 4 rings (SSSR count). The van der Waals surface area contributed by atoms with Gasteiger partial charge < -0.3 is 15.0 Å². The lowest BCUT2D eigenvalue weighted by Crippen LogP contribution is -2.41. The number of anilines is 2. The van der Waals surface area contributed by atoms with Crippen molar-refractivity contribution >= 4 is 29.2 Å². The number of piperidine rings is 1. The summed E-state index contributed by atoms with van der Waals surface area (Å²) in [5.41, 5.74) is 0.776. The van der Waals surface area contributed by atoms with Gasteiger partial charge in [-0.1, -0.05) is 30.0 Å². The highest BCUT2D eigenvalue weighted by Crippen LogP contribution is 2.34. The van der Waals surface area contributed by atoms with Crippen LogP contribution in [0.15, 0.2) is 76.9 Å². The van der Waals surface area contributed by atoms with Gasteiger partial charge in [0.05, 0.1) is 13.0 Å². The molecular weight excluding hydrogens is 396 g/mol. The Kier molecular flexibility index (Phi) is 6.49. The summed E-state index contributed by atoms with van der Waals surface area (Å²) in [6.07, 6.45) is 5.23. The molecule has 0 radical (unpaired) electrons. The quantitative estimate of drug-likeness (QED) is 0.634. The van der Waals surface area contributed by atoms with E-state index in [9.17, 15) is 4.79 Å². The number of hydrogen-bond acceptors (Lipinski definition) is 6. The predicted octanol–water partition coefficient (Wildman–Crippen LogP) is 4.49. The Morgan fingerprint density at radius 3 is 2.63 bits per heavy atom. The van der Waals surface area contributed by atoms with Crippen LogP contribution in [0.1, 0.15) is 12.8 Å². The maximum absolute atomic E-state index is 12.9. The molecule has 0 bridgehead atoms. The molecule has 154 valence electrons. The third kappa shape index (κ3) is 4.91. The standard InChI is InChI=1S/C23H24N4O2S/c1-29-19-11-9-18(10-12-19)26-22(28)17-6-5-15-27(16-17)21-23(25-14-13-24-21)30-20-7-3-2-4-8-20/h2-4,7-14,17H,5-6,15-16H2,1H3,(H,26,28). The van der Waals surface area contributed by atoms with Gasteiger partial charge in [0.25, 0.3) is 0 Å². The Morgan fingerprint density at radius 1 is 1.10 bits per heavy atom. The van der Waals surface area contributed by atoms with Crippen molar-refractivity contribution < 1.29 is 9.53 Å². The summed E-state index contributed by atoms with van der Waals surface area (Å²) in [5, 5.41) is 3.89. The zero-order chi connectivity index (χ0) is 20.8. The zero-order valence-corrected chi connectivity index (χ0v) is 17.6. The Labute approximate surface area is 180 Å². The molecule has 0 saturated carbocycles. The molecule has 1 N–H and O–H groups in total. The lowest BCUT2D eigenvalue weighted by molar-refractivity contribution is -0.120. The van der Waals surface area contributed by atoms with Crippen LogP contribution in [0.4, 0.5) is 11.5 Å². The van der Waals surface area contributed by atoms with Crippen molar-refractivity contribution in [1.29, 1.82) is 0 Å². The van der Waals surface area contributed by atoms with Gasteiger partial charge in [0, 0.05) is 36.1 Å². The lowest BCUT2D eigenvalue weighted by atomic mass is 9.97. The number of aromatic nitrogens is 2. The van der Waals surface area contributed by atoms with E-state index in [0.717, 1.165) is 46.6 Å². The molecule has 2 heterocycles. The second-order valence-corrected chi connectivity index (χ2v) is 8.17. The van der Waals surface area contributed by atoms with E-state index in [2.05, 4.69) is 32.3 Å². The third-order valence-corrected chi connectivity index (χ3v) is 6.04. The minimum atomic E-state index is -0.0996. The van der Waals surface area contributed by atoms with Crippen molar-refractivity contribution in [3.8, 4) is 5.75 Å². The van der Waals surface area contributed by atoms with E-state index in [0.29, 0.717) is 6.54 Å². The fourth-order valence-electron chi connectivity index (χ4n) is 3.51. The number of methoxy groups -OCH3 is 1. The smallest absolute Gasteiger partial charge is 0.229 e. The molecular formula is C23H24N4O2S. The zero-order valence-electron chi connectivity index (χ0n) is 16.8. The molecule has 1 aliphatic rings. The van der Waals surface area contributed by atoms with Crippen molar-refractivity contribution in [2.75, 3.05) is 30.4 Å². The molecule has 0 spiro atoms. The second kappa shape index (κ2) is 9.63. The normalized spacial score (nSPS) is 16.2. The van der Waals surface area contributed by atoms with Gasteiger partial charge in [-0.2, -0.15) is 0 Å². The number of benzene rings is 2. The van der Waals surface area contributed by atoms with Crippen LogP contribution < -0.4 is 15.0 Å². The van der Waals surface area contributed by atoms with Gasteiger partial charge in [0.1, 0.15) is 10.8 Å². The third-order valence-electron chi connectivity index (χ3n) is 5.05. The topological polar surface area (TPSA) is 67.3 Å². The number of ether oxygens (including phenoxy) is 1. The van der Waals surface area contributed by atoms with Crippen LogP contribution in [0.3, 0.4) is 0 Å². The van der Waals surface area contributed by atoms with Gasteiger partial charge in [-0.3, -0.25) is 4.79 Å². The van der Waals surface area contributed by atoms with E-state index in [1.54, 1.807) is 31.3 Å². The van der Waals surface area contributed by atoms with Gasteiger partial charge in [-0.25, -0.2) is 9.97 Å². The number of amides is 1. The first-order valence-electron chi connectivity index (χ1n) is 9.96. The van der Waals surface area contributed by atoms with Gasteiger partial charge >= 0.3 is 0 Å². The summed E-state index contributed by atoms with van der Waals surface area (Å²) in [6, 6.07) is 17.5. The summed E-state index contributed by atoms with van der Waals surface area (Å²) < 4.78 is 5.17. The number of nitrogens with zero attached hydrogens (tertiary/aromatic N) is 3. The van der Waals surface area contributed by atoms with E-state index < -0.39 is 0 Å². The average molecular weight is 421 g/mol. The van der Waals surface area contributed by atoms with Gasteiger partial charge in [-0.15, -0.1) is 0 Å². The molecule has 1 aliphatic heterocycles. The SMILES string of the molecule is COc1ccc(NC(=O)C2CCCN(c3nccnc3Sc3ccccc3)C2)cc1. The number of hydrogen-bond donors (Lipinski definition) is 1. The average Bonchev–Trinajstić information content (AvgIpc) is 2.81. The Bertz CT molecular complexity index is 982. The van der Waals surface area contributed by atoms with E-state index in [1.165, 1.54) is 0 Å². The van der Waals surface area contributed by atoms with Crippen LogP contribution in [0.25, 0.3) is 0 Å². The van der Waals surface area contributed by atoms with Crippen molar-refractivity contribution in [1.82, 2.24) is 9.97 Å². The maximum Gasteiger partial charge on any atom is 0.229 e. The highest BCUT2D eigenvalue weighted by Gasteiger charge is 2.28. The Balaban J connectivity index is 1.45. The minimum Gasteiger partial charge on any atom is -0.497 e. The van der Waals surface area contributed by atoms with Crippen LogP contribution >= 0.6 is 11.8 Å². The predicted molar refractivity (Wildman–Crippen MR) is 119 cm³/mol. The fourth-order valence-corrected chi connectivity index (χ4v) is 4.41. The first-order valence-corrected chi connectivity index (χ1v) is 10.8. The van der Waals surface area contributed by atoms with E-state index in [4.69, 9.17) is 4.74 Å². The molecule has 7 heteroatoms. The van der Waals surface area contributed by atoms with Gasteiger partial charge in [0.2, 0.25) is 5.91 Å². The molecule has 1 amide bonds. The number of carbonyl (C=O) groups excluding carboxylic acids is 1. The van der Waals surface area contributed by atoms with Crippen LogP contribution in [0, 0.1) is 5.92 Å². The monoisotopic (exact) mass is 420 g/mol. The highest BCUT2D eigenvalue weighted by molar-refractivity contribution is 7.99. The fraction of sp³-hybridized carbons (Fsp3) is 0.261. The molecule has 0 aliphatic carbocycles. The summed E-state index contributed by atoms with van der Waals surface area (Å²) >= 11 is 1.60. The molecule has 2 aromatic carbocycles. The number of rotatable bonds is 6. The van der Waals surface area contributed by atoms with E-state index in [1.807, 2.05) is 42.5 Å². The van der Waals surface area contributed by atoms with Crippen LogP contribution in [0.2, 0.25) is 0 Å². The first-order chi connectivity index (χ1) is 14.7. The largest absolute Gasteiger partial charge is 0.497 e. The Morgan fingerprint density at radius 2 is 1.87 bits per heavy atom. The molecule has 3 aromatic rings. The maximum atomic E-state index is 12.9. The summed E-state index contributed by atoms with van der Waals surface area (Å²) in [7, 11) is 1.63. The molecule has 1 unspecified atom stereocenters. The van der Waals surface area contributed by atoms with Crippen molar-refractivity contribution in [3.05, 3.63) is 67.0 Å². The Hall–Kier alpha value is -3.06. The van der Waals surface area contributed by atoms with Crippen molar-refractivity contribution in [2.24, 2.45) is 5.92 Å². The molecule has 1 aromatic heterocycles. The molecule has 1 atom stereocenters. The molecule has 1 saturated heterocycles. The summed E-state index contributed by atoms with van der Waals surface area (Å²) in [6.45, 7) is 1.50. The molecule has 6 nitrogen and oxygen atoms in total. The summed E-state index contributed by atoms with van der Waals surface area (Å²) in [5.74, 6) is 1.54. The van der Waals surface area contributed by atoms with Crippen LogP contribution in [-0.2, 0) is 4.79 Å².